The Morgan fingerprint density at radius 2 is 2.09 bits per heavy atom. The highest BCUT2D eigenvalue weighted by atomic mass is 32.2. The third-order valence-corrected chi connectivity index (χ3v) is 7.01. The summed E-state index contributed by atoms with van der Waals surface area (Å²) in [6.07, 6.45) is 5.83. The van der Waals surface area contributed by atoms with Crippen LogP contribution in [0.5, 0.6) is 5.88 Å². The zero-order chi connectivity index (χ0) is 23.4. The van der Waals surface area contributed by atoms with Crippen molar-refractivity contribution in [3.63, 3.8) is 0 Å². The molecule has 0 unspecified atom stereocenters. The van der Waals surface area contributed by atoms with Gasteiger partial charge in [-0.15, -0.1) is 0 Å². The molecule has 0 atom stereocenters. The van der Waals surface area contributed by atoms with Gasteiger partial charge in [-0.1, -0.05) is 0 Å². The largest absolute Gasteiger partial charge is 0.477 e. The van der Waals surface area contributed by atoms with E-state index in [9.17, 15) is 18.0 Å². The van der Waals surface area contributed by atoms with Crippen molar-refractivity contribution < 1.29 is 22.7 Å². The van der Waals surface area contributed by atoms with E-state index < -0.39 is 16.1 Å². The maximum absolute atomic E-state index is 12.6. The molecule has 1 aliphatic heterocycles. The number of amides is 3. The lowest BCUT2D eigenvalue weighted by Crippen LogP contribution is -2.55. The number of hydrogen-bond acceptors (Lipinski definition) is 9. The first-order chi connectivity index (χ1) is 15.9. The standard InChI is InChI=1S/C20H25N7O5S/c1-2-32-18-12-21-11-17(24-18)26-7-8-27(19(28)13-26)20(29)23-10-15-9-14(5-6-22-15)25-33(30,31)16-3-4-16/h5-6,9,11-12,16H,2-4,7-8,10,13H2,1H3,(H,22,25)(H,23,29). The molecule has 2 fully saturated rings. The first kappa shape index (κ1) is 22.7. The summed E-state index contributed by atoms with van der Waals surface area (Å²) in [5, 5.41) is 2.32. The van der Waals surface area contributed by atoms with E-state index in [-0.39, 0.29) is 30.8 Å². The fraction of sp³-hybridized carbons (Fsp3) is 0.450. The second-order valence-electron chi connectivity index (χ2n) is 7.66. The molecule has 2 N–H and O–H groups in total. The van der Waals surface area contributed by atoms with Crippen LogP contribution in [0.2, 0.25) is 0 Å². The number of anilines is 2. The highest BCUT2D eigenvalue weighted by molar-refractivity contribution is 7.93. The van der Waals surface area contributed by atoms with E-state index in [1.807, 2.05) is 6.92 Å². The number of nitrogens with zero attached hydrogens (tertiary/aromatic N) is 5. The smallest absolute Gasteiger partial charge is 0.324 e. The fourth-order valence-corrected chi connectivity index (χ4v) is 4.70. The Balaban J connectivity index is 1.31. The molecule has 2 aromatic heterocycles. The van der Waals surface area contributed by atoms with Gasteiger partial charge in [-0.25, -0.2) is 13.2 Å². The molecule has 12 nitrogen and oxygen atoms in total. The monoisotopic (exact) mass is 475 g/mol. The number of carbonyl (C=O) groups excluding carboxylic acids is 2. The summed E-state index contributed by atoms with van der Waals surface area (Å²) in [4.78, 5) is 40.6. The van der Waals surface area contributed by atoms with Gasteiger partial charge in [0.15, 0.2) is 5.82 Å². The molecule has 176 valence electrons. The van der Waals surface area contributed by atoms with Gasteiger partial charge in [0.05, 0.1) is 48.7 Å². The lowest BCUT2D eigenvalue weighted by molar-refractivity contribution is -0.127. The SMILES string of the molecule is CCOc1cncc(N2CCN(C(=O)NCc3cc(NS(=O)(=O)C4CC4)ccn3)C(=O)C2)n1. The molecule has 33 heavy (non-hydrogen) atoms. The lowest BCUT2D eigenvalue weighted by atomic mass is 10.3. The van der Waals surface area contributed by atoms with Crippen molar-refractivity contribution in [3.05, 3.63) is 36.4 Å². The number of ether oxygens (including phenoxy) is 1. The Morgan fingerprint density at radius 1 is 1.27 bits per heavy atom. The minimum absolute atomic E-state index is 0.0195. The molecule has 3 heterocycles. The van der Waals surface area contributed by atoms with Gasteiger partial charge in [0.25, 0.3) is 0 Å². The van der Waals surface area contributed by atoms with Crippen LogP contribution in [0.4, 0.5) is 16.3 Å². The number of carbonyl (C=O) groups is 2. The third-order valence-electron chi connectivity index (χ3n) is 5.14. The van der Waals surface area contributed by atoms with Crippen molar-refractivity contribution in [1.82, 2.24) is 25.2 Å². The fourth-order valence-electron chi connectivity index (χ4n) is 3.32. The van der Waals surface area contributed by atoms with Gasteiger partial charge >= 0.3 is 6.03 Å². The lowest BCUT2D eigenvalue weighted by Gasteiger charge is -2.33. The van der Waals surface area contributed by atoms with Crippen LogP contribution in [-0.4, -0.2) is 71.7 Å². The average molecular weight is 476 g/mol. The summed E-state index contributed by atoms with van der Waals surface area (Å²) in [6, 6.07) is 2.57. The molecule has 3 amide bonds. The van der Waals surface area contributed by atoms with Crippen LogP contribution in [0.3, 0.4) is 0 Å². The molecule has 0 radical (unpaired) electrons. The van der Waals surface area contributed by atoms with Crippen molar-refractivity contribution in [2.24, 2.45) is 0 Å². The molecular formula is C20H25N7O5S. The van der Waals surface area contributed by atoms with E-state index in [0.29, 0.717) is 49.1 Å². The Hall–Kier alpha value is -3.48. The zero-order valence-corrected chi connectivity index (χ0v) is 18.9. The van der Waals surface area contributed by atoms with Gasteiger partial charge in [0, 0.05) is 19.3 Å². The van der Waals surface area contributed by atoms with E-state index in [4.69, 9.17) is 4.74 Å². The predicted octanol–water partition coefficient (Wildman–Crippen LogP) is 0.733. The summed E-state index contributed by atoms with van der Waals surface area (Å²) in [5.41, 5.74) is 0.856. The Labute approximate surface area is 191 Å². The molecule has 13 heteroatoms. The van der Waals surface area contributed by atoms with E-state index in [0.717, 1.165) is 4.90 Å². The minimum atomic E-state index is -3.39. The predicted molar refractivity (Wildman–Crippen MR) is 119 cm³/mol. The molecule has 1 aliphatic carbocycles. The van der Waals surface area contributed by atoms with Gasteiger partial charge in [-0.3, -0.25) is 24.4 Å². The summed E-state index contributed by atoms with van der Waals surface area (Å²) in [5.74, 6) is 0.502. The number of rotatable bonds is 8. The van der Waals surface area contributed by atoms with E-state index in [1.54, 1.807) is 23.2 Å². The number of hydrogen-bond donors (Lipinski definition) is 2. The minimum Gasteiger partial charge on any atom is -0.477 e. The van der Waals surface area contributed by atoms with Crippen LogP contribution >= 0.6 is 0 Å². The second kappa shape index (κ2) is 9.57. The number of pyridine rings is 1. The number of sulfonamides is 1. The van der Waals surface area contributed by atoms with Gasteiger partial charge in [-0.05, 0) is 31.9 Å². The van der Waals surface area contributed by atoms with Crippen LogP contribution in [0.25, 0.3) is 0 Å². The van der Waals surface area contributed by atoms with E-state index in [2.05, 4.69) is 25.0 Å². The van der Waals surface area contributed by atoms with Crippen LogP contribution in [-0.2, 0) is 21.4 Å². The highest BCUT2D eigenvalue weighted by Gasteiger charge is 2.35. The maximum Gasteiger partial charge on any atom is 0.324 e. The molecule has 0 aromatic carbocycles. The van der Waals surface area contributed by atoms with E-state index >= 15 is 0 Å². The molecule has 1 saturated carbocycles. The van der Waals surface area contributed by atoms with Gasteiger partial charge in [0.1, 0.15) is 0 Å². The first-order valence-electron chi connectivity index (χ1n) is 10.6. The summed E-state index contributed by atoms with van der Waals surface area (Å²) < 4.78 is 32.1. The van der Waals surface area contributed by atoms with Crippen LogP contribution in [0.1, 0.15) is 25.5 Å². The van der Waals surface area contributed by atoms with Gasteiger partial charge in [-0.2, -0.15) is 4.98 Å². The van der Waals surface area contributed by atoms with Gasteiger partial charge in [0.2, 0.25) is 21.8 Å². The summed E-state index contributed by atoms with van der Waals surface area (Å²) in [6.45, 7) is 2.91. The van der Waals surface area contributed by atoms with Crippen molar-refractivity contribution >= 4 is 33.5 Å². The van der Waals surface area contributed by atoms with Crippen molar-refractivity contribution in [2.75, 3.05) is 35.9 Å². The first-order valence-corrected chi connectivity index (χ1v) is 12.1. The number of piperazine rings is 1. The van der Waals surface area contributed by atoms with E-state index in [1.165, 1.54) is 12.4 Å². The Bertz CT molecular complexity index is 1140. The van der Waals surface area contributed by atoms with Crippen molar-refractivity contribution in [2.45, 2.75) is 31.6 Å². The average Bonchev–Trinajstić information content (AvgIpc) is 3.64. The van der Waals surface area contributed by atoms with Crippen LogP contribution in [0.15, 0.2) is 30.7 Å². The normalized spacial score (nSPS) is 16.5. The molecule has 2 aromatic rings. The molecule has 4 rings (SSSR count). The number of urea groups is 1. The quantitative estimate of drug-likeness (QED) is 0.564. The Morgan fingerprint density at radius 3 is 2.82 bits per heavy atom. The number of imide groups is 1. The molecule has 2 aliphatic rings. The van der Waals surface area contributed by atoms with Crippen molar-refractivity contribution in [1.29, 1.82) is 0 Å². The van der Waals surface area contributed by atoms with Crippen LogP contribution < -0.4 is 19.7 Å². The number of nitrogens with one attached hydrogen (secondary N) is 2. The summed E-state index contributed by atoms with van der Waals surface area (Å²) >= 11 is 0. The second-order valence-corrected chi connectivity index (χ2v) is 9.62. The topological polar surface area (TPSA) is 147 Å². The van der Waals surface area contributed by atoms with Crippen molar-refractivity contribution in [3.8, 4) is 5.88 Å². The van der Waals surface area contributed by atoms with Gasteiger partial charge < -0.3 is 15.0 Å². The summed E-state index contributed by atoms with van der Waals surface area (Å²) in [7, 11) is -3.39. The number of aromatic nitrogens is 3. The molecule has 1 saturated heterocycles. The maximum atomic E-state index is 12.6. The highest BCUT2D eigenvalue weighted by Crippen LogP contribution is 2.29. The molecular weight excluding hydrogens is 450 g/mol. The third kappa shape index (κ3) is 5.66. The van der Waals surface area contributed by atoms with Crippen LogP contribution in [0, 0.1) is 0 Å². The molecule has 0 bridgehead atoms. The zero-order valence-electron chi connectivity index (χ0n) is 18.1. The molecule has 0 spiro atoms. The Kier molecular flexibility index (Phi) is 6.58.